The average Bonchev–Trinajstić information content (AvgIpc) is 2.55. The van der Waals surface area contributed by atoms with Gasteiger partial charge >= 0.3 is 0 Å². The van der Waals surface area contributed by atoms with Crippen molar-refractivity contribution in [3.05, 3.63) is 28.8 Å². The maximum Gasteiger partial charge on any atom is 0.125 e. The number of aliphatic hydroxyl groups is 1. The van der Waals surface area contributed by atoms with Gasteiger partial charge in [0.15, 0.2) is 0 Å². The molecule has 0 spiro atoms. The Hall–Kier alpha value is -1.02. The smallest absolute Gasteiger partial charge is 0.125 e. The molecule has 0 bridgehead atoms. The molecule has 1 aromatic carbocycles. The van der Waals surface area contributed by atoms with Crippen molar-refractivity contribution in [2.75, 3.05) is 13.2 Å². The molecule has 2 nitrogen and oxygen atoms in total. The summed E-state index contributed by atoms with van der Waals surface area (Å²) < 4.78 is 5.91. The van der Waals surface area contributed by atoms with Crippen molar-refractivity contribution in [2.24, 2.45) is 0 Å². The maximum atomic E-state index is 9.10. The number of hydrogen-bond donors (Lipinski definition) is 1. The van der Waals surface area contributed by atoms with Crippen molar-refractivity contribution in [3.63, 3.8) is 0 Å². The molecule has 1 saturated carbocycles. The Balaban J connectivity index is 2.34. The van der Waals surface area contributed by atoms with Crippen molar-refractivity contribution in [1.82, 2.24) is 0 Å². The lowest BCUT2D eigenvalue weighted by Crippen LogP contribution is -2.10. The molecular weight excluding hydrogens is 272 g/mol. The first-order valence-electron chi connectivity index (χ1n) is 9.19. The highest BCUT2D eigenvalue weighted by Crippen LogP contribution is 2.37. The average molecular weight is 304 g/mol. The van der Waals surface area contributed by atoms with E-state index >= 15 is 0 Å². The summed E-state index contributed by atoms with van der Waals surface area (Å²) in [5.74, 6) is 1.80. The fourth-order valence-corrected chi connectivity index (χ4v) is 3.70. The Morgan fingerprint density at radius 2 is 1.59 bits per heavy atom. The number of benzene rings is 1. The molecule has 0 heterocycles. The number of rotatable bonds is 8. The van der Waals surface area contributed by atoms with Gasteiger partial charge < -0.3 is 9.84 Å². The van der Waals surface area contributed by atoms with Gasteiger partial charge in [0, 0.05) is 0 Å². The van der Waals surface area contributed by atoms with E-state index in [0.29, 0.717) is 6.61 Å². The molecule has 0 radical (unpaired) electrons. The van der Waals surface area contributed by atoms with E-state index in [2.05, 4.69) is 26.0 Å². The Labute approximate surface area is 135 Å². The topological polar surface area (TPSA) is 29.5 Å². The van der Waals surface area contributed by atoms with Gasteiger partial charge in [0.25, 0.3) is 0 Å². The predicted molar refractivity (Wildman–Crippen MR) is 92.8 cm³/mol. The molecular formula is C20H32O2. The first-order chi connectivity index (χ1) is 10.8. The summed E-state index contributed by atoms with van der Waals surface area (Å²) in [6.45, 7) is 4.93. The first-order valence-corrected chi connectivity index (χ1v) is 9.19. The second-order valence-electron chi connectivity index (χ2n) is 6.58. The summed E-state index contributed by atoms with van der Waals surface area (Å²) in [7, 11) is 0. The largest absolute Gasteiger partial charge is 0.491 e. The third-order valence-electron chi connectivity index (χ3n) is 4.72. The molecule has 22 heavy (non-hydrogen) atoms. The highest BCUT2D eigenvalue weighted by atomic mass is 16.5. The minimum Gasteiger partial charge on any atom is -0.491 e. The number of aryl methyl sites for hydroxylation is 2. The van der Waals surface area contributed by atoms with E-state index in [9.17, 15) is 0 Å². The van der Waals surface area contributed by atoms with Gasteiger partial charge in [0.1, 0.15) is 12.4 Å². The molecule has 1 fully saturated rings. The van der Waals surface area contributed by atoms with Crippen LogP contribution in [0, 0.1) is 0 Å². The van der Waals surface area contributed by atoms with E-state index in [-0.39, 0.29) is 6.61 Å². The Morgan fingerprint density at radius 3 is 2.09 bits per heavy atom. The standard InChI is InChI=1S/C20H32O2/c1-3-8-17-14-19(16-10-6-5-7-11-16)15-18(9-4-2)20(17)22-13-12-21/h14-16,21H,3-13H2,1-2H3. The minimum atomic E-state index is 0.0848. The Kier molecular flexibility index (Phi) is 7.24. The second-order valence-corrected chi connectivity index (χ2v) is 6.58. The summed E-state index contributed by atoms with van der Waals surface area (Å²) in [5, 5.41) is 9.10. The van der Waals surface area contributed by atoms with Gasteiger partial charge in [-0.3, -0.25) is 0 Å². The lowest BCUT2D eigenvalue weighted by atomic mass is 9.82. The molecule has 0 amide bonds. The quantitative estimate of drug-likeness (QED) is 0.731. The van der Waals surface area contributed by atoms with Crippen LogP contribution in [0.4, 0.5) is 0 Å². The zero-order valence-electron chi connectivity index (χ0n) is 14.4. The summed E-state index contributed by atoms with van der Waals surface area (Å²) in [4.78, 5) is 0. The molecule has 1 aliphatic rings. The zero-order chi connectivity index (χ0) is 15.8. The van der Waals surface area contributed by atoms with Gasteiger partial charge in [-0.2, -0.15) is 0 Å². The van der Waals surface area contributed by atoms with Crippen LogP contribution in [-0.4, -0.2) is 18.3 Å². The number of aliphatic hydroxyl groups excluding tert-OH is 1. The third-order valence-corrected chi connectivity index (χ3v) is 4.72. The SMILES string of the molecule is CCCc1cc(C2CCCCC2)cc(CCC)c1OCCO. The van der Waals surface area contributed by atoms with E-state index < -0.39 is 0 Å². The van der Waals surface area contributed by atoms with E-state index in [1.807, 2.05) is 0 Å². The van der Waals surface area contributed by atoms with Crippen molar-refractivity contribution >= 4 is 0 Å². The molecule has 0 atom stereocenters. The zero-order valence-corrected chi connectivity index (χ0v) is 14.4. The van der Waals surface area contributed by atoms with E-state index in [0.717, 1.165) is 37.4 Å². The fraction of sp³-hybridized carbons (Fsp3) is 0.700. The summed E-state index contributed by atoms with van der Waals surface area (Å²) in [6.07, 6.45) is 11.2. The molecule has 0 unspecified atom stereocenters. The van der Waals surface area contributed by atoms with Gasteiger partial charge in [-0.05, 0) is 48.3 Å². The van der Waals surface area contributed by atoms with Gasteiger partial charge in [-0.15, -0.1) is 0 Å². The van der Waals surface area contributed by atoms with Crippen LogP contribution in [0.5, 0.6) is 5.75 Å². The van der Waals surface area contributed by atoms with Gasteiger partial charge in [-0.25, -0.2) is 0 Å². The number of ether oxygens (including phenoxy) is 1. The van der Waals surface area contributed by atoms with Gasteiger partial charge in [0.2, 0.25) is 0 Å². The summed E-state index contributed by atoms with van der Waals surface area (Å²) in [6, 6.07) is 4.79. The normalized spacial score (nSPS) is 16.0. The summed E-state index contributed by atoms with van der Waals surface area (Å²) >= 11 is 0. The van der Waals surface area contributed by atoms with E-state index in [4.69, 9.17) is 9.84 Å². The molecule has 1 aromatic rings. The highest BCUT2D eigenvalue weighted by Gasteiger charge is 2.19. The van der Waals surface area contributed by atoms with Crippen molar-refractivity contribution in [3.8, 4) is 5.75 Å². The first kappa shape index (κ1) is 17.3. The van der Waals surface area contributed by atoms with Crippen LogP contribution in [0.1, 0.15) is 81.4 Å². The van der Waals surface area contributed by atoms with Crippen LogP contribution in [-0.2, 0) is 12.8 Å². The van der Waals surface area contributed by atoms with Crippen molar-refractivity contribution < 1.29 is 9.84 Å². The van der Waals surface area contributed by atoms with E-state index in [1.165, 1.54) is 48.8 Å². The lowest BCUT2D eigenvalue weighted by Gasteiger charge is -2.25. The van der Waals surface area contributed by atoms with E-state index in [1.54, 1.807) is 0 Å². The molecule has 2 heteroatoms. The molecule has 0 aliphatic heterocycles. The fourth-order valence-electron chi connectivity index (χ4n) is 3.70. The highest BCUT2D eigenvalue weighted by molar-refractivity contribution is 5.46. The van der Waals surface area contributed by atoms with Crippen LogP contribution >= 0.6 is 0 Å². The second kappa shape index (κ2) is 9.19. The third kappa shape index (κ3) is 4.49. The van der Waals surface area contributed by atoms with Crippen LogP contribution < -0.4 is 4.74 Å². The molecule has 124 valence electrons. The van der Waals surface area contributed by atoms with Gasteiger partial charge in [-0.1, -0.05) is 58.1 Å². The summed E-state index contributed by atoms with van der Waals surface area (Å²) in [5.41, 5.74) is 4.23. The molecule has 0 saturated heterocycles. The molecule has 2 rings (SSSR count). The minimum absolute atomic E-state index is 0.0848. The Bertz CT molecular complexity index is 420. The Morgan fingerprint density at radius 1 is 1.00 bits per heavy atom. The molecule has 1 N–H and O–H groups in total. The molecule has 0 aromatic heterocycles. The van der Waals surface area contributed by atoms with Crippen molar-refractivity contribution in [2.45, 2.75) is 77.6 Å². The predicted octanol–water partition coefficient (Wildman–Crippen LogP) is 5.01. The monoisotopic (exact) mass is 304 g/mol. The number of hydrogen-bond acceptors (Lipinski definition) is 2. The molecule has 1 aliphatic carbocycles. The lowest BCUT2D eigenvalue weighted by molar-refractivity contribution is 0.199. The van der Waals surface area contributed by atoms with Crippen LogP contribution in [0.2, 0.25) is 0 Å². The van der Waals surface area contributed by atoms with Crippen LogP contribution in [0.25, 0.3) is 0 Å². The van der Waals surface area contributed by atoms with Gasteiger partial charge in [0.05, 0.1) is 6.61 Å². The van der Waals surface area contributed by atoms with Crippen LogP contribution in [0.15, 0.2) is 12.1 Å². The van der Waals surface area contributed by atoms with Crippen molar-refractivity contribution in [1.29, 1.82) is 0 Å². The maximum absolute atomic E-state index is 9.10. The van der Waals surface area contributed by atoms with Crippen LogP contribution in [0.3, 0.4) is 0 Å².